The molecule has 1 atom stereocenters. The first-order chi connectivity index (χ1) is 17.3. The van der Waals surface area contributed by atoms with Gasteiger partial charge in [-0.15, -0.1) is 5.10 Å². The lowest BCUT2D eigenvalue weighted by Crippen LogP contribution is -2.19. The second-order valence-corrected chi connectivity index (χ2v) is 9.57. The van der Waals surface area contributed by atoms with Crippen molar-refractivity contribution in [1.82, 2.24) is 30.2 Å². The van der Waals surface area contributed by atoms with Crippen LogP contribution < -0.4 is 5.32 Å². The molecule has 0 radical (unpaired) electrons. The van der Waals surface area contributed by atoms with Gasteiger partial charge in [-0.2, -0.15) is 4.68 Å². The average molecular weight is 482 g/mol. The minimum atomic E-state index is -0.465. The first-order valence-electron chi connectivity index (χ1n) is 11.6. The predicted octanol–water partition coefficient (Wildman–Crippen LogP) is 4.82. The SMILES string of the molecule is COC(=O)c1cccc(C(Nc2ccc3nc[nH]c3c2)c2nnnn2-c2ccc(C(C)(C)C)cc2)c1. The van der Waals surface area contributed by atoms with Gasteiger partial charge in [0.25, 0.3) is 0 Å². The molecule has 9 nitrogen and oxygen atoms in total. The van der Waals surface area contributed by atoms with E-state index >= 15 is 0 Å². The highest BCUT2D eigenvalue weighted by atomic mass is 16.5. The van der Waals surface area contributed by atoms with Gasteiger partial charge in [0.15, 0.2) is 5.82 Å². The van der Waals surface area contributed by atoms with Gasteiger partial charge in [0.2, 0.25) is 0 Å². The minimum Gasteiger partial charge on any atom is -0.465 e. The lowest BCUT2D eigenvalue weighted by atomic mass is 9.87. The highest BCUT2D eigenvalue weighted by molar-refractivity contribution is 5.89. The predicted molar refractivity (Wildman–Crippen MR) is 137 cm³/mol. The Hall–Kier alpha value is -4.53. The Bertz CT molecular complexity index is 1510. The molecule has 5 rings (SSSR count). The van der Waals surface area contributed by atoms with Crippen LogP contribution >= 0.6 is 0 Å². The molecule has 0 saturated carbocycles. The van der Waals surface area contributed by atoms with Crippen LogP contribution in [0.5, 0.6) is 0 Å². The lowest BCUT2D eigenvalue weighted by Gasteiger charge is -2.21. The normalized spacial score (nSPS) is 12.4. The molecule has 2 aromatic heterocycles. The highest BCUT2D eigenvalue weighted by Crippen LogP contribution is 2.29. The number of hydrogen-bond donors (Lipinski definition) is 2. The fraction of sp³-hybridized carbons (Fsp3) is 0.222. The zero-order valence-electron chi connectivity index (χ0n) is 20.6. The lowest BCUT2D eigenvalue weighted by molar-refractivity contribution is 0.0600. The van der Waals surface area contributed by atoms with Crippen LogP contribution in [0.2, 0.25) is 0 Å². The Morgan fingerprint density at radius 2 is 1.86 bits per heavy atom. The molecule has 0 aliphatic rings. The van der Waals surface area contributed by atoms with Gasteiger partial charge in [-0.3, -0.25) is 0 Å². The Labute approximate surface area is 208 Å². The standard InChI is InChI=1S/C27H27N7O2/c1-27(2,3)19-8-11-21(12-9-19)34-25(31-32-33-34)24(17-6-5-7-18(14-17)26(35)36-4)30-20-10-13-22-23(15-20)29-16-28-22/h5-16,24,30H,1-4H3,(H,28,29). The number of H-pyrrole nitrogens is 1. The maximum absolute atomic E-state index is 12.3. The molecule has 0 bridgehead atoms. The van der Waals surface area contributed by atoms with Crippen molar-refractivity contribution in [2.45, 2.75) is 32.2 Å². The number of ether oxygens (including phenoxy) is 1. The van der Waals surface area contributed by atoms with Gasteiger partial charge in [0, 0.05) is 5.69 Å². The number of carbonyl (C=O) groups excluding carboxylic acids is 1. The number of aromatic nitrogens is 6. The van der Waals surface area contributed by atoms with E-state index in [9.17, 15) is 4.79 Å². The summed E-state index contributed by atoms with van der Waals surface area (Å²) in [7, 11) is 1.37. The van der Waals surface area contributed by atoms with E-state index in [1.807, 2.05) is 42.5 Å². The molecule has 0 aliphatic heterocycles. The summed E-state index contributed by atoms with van der Waals surface area (Å²) in [5, 5.41) is 16.2. The molecule has 5 aromatic rings. The summed E-state index contributed by atoms with van der Waals surface area (Å²) < 4.78 is 6.65. The number of carbonyl (C=O) groups is 1. The first kappa shape index (κ1) is 23.2. The van der Waals surface area contributed by atoms with Crippen molar-refractivity contribution >= 4 is 22.7 Å². The molecule has 0 spiro atoms. The molecule has 0 aliphatic carbocycles. The van der Waals surface area contributed by atoms with E-state index in [2.05, 4.69) is 63.7 Å². The topological polar surface area (TPSA) is 111 Å². The molecule has 0 amide bonds. The number of rotatable bonds is 6. The highest BCUT2D eigenvalue weighted by Gasteiger charge is 2.24. The number of nitrogens with zero attached hydrogens (tertiary/aromatic N) is 5. The summed E-state index contributed by atoms with van der Waals surface area (Å²) in [4.78, 5) is 19.7. The second kappa shape index (κ2) is 9.26. The summed E-state index contributed by atoms with van der Waals surface area (Å²) in [6.07, 6.45) is 1.66. The van der Waals surface area contributed by atoms with Gasteiger partial charge < -0.3 is 15.0 Å². The molecular weight excluding hydrogens is 454 g/mol. The maximum Gasteiger partial charge on any atom is 0.337 e. The quantitative estimate of drug-likeness (QED) is 0.334. The van der Waals surface area contributed by atoms with Crippen LogP contribution in [0, 0.1) is 0 Å². The van der Waals surface area contributed by atoms with Crippen LogP contribution in [0.25, 0.3) is 16.7 Å². The van der Waals surface area contributed by atoms with E-state index in [0.717, 1.165) is 28.0 Å². The molecule has 182 valence electrons. The van der Waals surface area contributed by atoms with Crippen molar-refractivity contribution in [3.05, 3.63) is 95.6 Å². The summed E-state index contributed by atoms with van der Waals surface area (Å²) >= 11 is 0. The van der Waals surface area contributed by atoms with E-state index in [0.29, 0.717) is 11.4 Å². The molecule has 1 unspecified atom stereocenters. The molecule has 2 N–H and O–H groups in total. The largest absolute Gasteiger partial charge is 0.465 e. The third-order valence-electron chi connectivity index (χ3n) is 6.10. The number of aromatic amines is 1. The van der Waals surface area contributed by atoms with Gasteiger partial charge >= 0.3 is 5.97 Å². The number of methoxy groups -OCH3 is 1. The van der Waals surface area contributed by atoms with Crippen LogP contribution in [-0.4, -0.2) is 43.3 Å². The molecular formula is C27H27N7O2. The number of anilines is 1. The van der Waals surface area contributed by atoms with Crippen molar-refractivity contribution in [1.29, 1.82) is 0 Å². The molecule has 9 heteroatoms. The second-order valence-electron chi connectivity index (χ2n) is 9.57. The maximum atomic E-state index is 12.3. The van der Waals surface area contributed by atoms with E-state index in [1.165, 1.54) is 12.7 Å². The van der Waals surface area contributed by atoms with Crippen molar-refractivity contribution in [2.75, 3.05) is 12.4 Å². The Morgan fingerprint density at radius 1 is 1.06 bits per heavy atom. The van der Waals surface area contributed by atoms with Crippen LogP contribution in [-0.2, 0) is 10.2 Å². The third kappa shape index (κ3) is 4.55. The van der Waals surface area contributed by atoms with E-state index < -0.39 is 12.0 Å². The van der Waals surface area contributed by atoms with Gasteiger partial charge in [0.05, 0.1) is 35.7 Å². The first-order valence-corrected chi connectivity index (χ1v) is 11.6. The van der Waals surface area contributed by atoms with Crippen LogP contribution in [0.3, 0.4) is 0 Å². The van der Waals surface area contributed by atoms with Crippen molar-refractivity contribution in [3.63, 3.8) is 0 Å². The average Bonchev–Trinajstić information content (AvgIpc) is 3.56. The Kier molecular flexibility index (Phi) is 5.97. The number of imidazole rings is 1. The van der Waals surface area contributed by atoms with Crippen molar-refractivity contribution in [3.8, 4) is 5.69 Å². The van der Waals surface area contributed by atoms with E-state index in [1.54, 1.807) is 23.1 Å². The smallest absolute Gasteiger partial charge is 0.337 e. The summed E-state index contributed by atoms with van der Waals surface area (Å²) in [6, 6.07) is 20.9. The molecule has 2 heterocycles. The van der Waals surface area contributed by atoms with E-state index in [-0.39, 0.29) is 5.41 Å². The summed E-state index contributed by atoms with van der Waals surface area (Å²) in [6.45, 7) is 6.53. The fourth-order valence-electron chi connectivity index (χ4n) is 4.11. The summed E-state index contributed by atoms with van der Waals surface area (Å²) in [5.41, 5.74) is 5.96. The minimum absolute atomic E-state index is 0.0334. The van der Waals surface area contributed by atoms with Gasteiger partial charge in [-0.25, -0.2) is 9.78 Å². The summed E-state index contributed by atoms with van der Waals surface area (Å²) in [5.74, 6) is 0.164. The fourth-order valence-corrected chi connectivity index (χ4v) is 4.11. The zero-order valence-corrected chi connectivity index (χ0v) is 20.6. The van der Waals surface area contributed by atoms with Crippen LogP contribution in [0.1, 0.15) is 54.1 Å². The monoisotopic (exact) mass is 481 g/mol. The number of fused-ring (bicyclic) bond motifs is 1. The van der Waals surface area contributed by atoms with Crippen LogP contribution in [0.15, 0.2) is 73.1 Å². The number of esters is 1. The molecule has 0 fully saturated rings. The van der Waals surface area contributed by atoms with Crippen molar-refractivity contribution < 1.29 is 9.53 Å². The molecule has 0 saturated heterocycles. The third-order valence-corrected chi connectivity index (χ3v) is 6.10. The van der Waals surface area contributed by atoms with E-state index in [4.69, 9.17) is 4.74 Å². The van der Waals surface area contributed by atoms with Gasteiger partial charge in [-0.1, -0.05) is 45.0 Å². The van der Waals surface area contributed by atoms with Crippen LogP contribution in [0.4, 0.5) is 5.69 Å². The molecule has 3 aromatic carbocycles. The van der Waals surface area contributed by atoms with Gasteiger partial charge in [0.1, 0.15) is 6.04 Å². The number of tetrazole rings is 1. The number of nitrogens with one attached hydrogen (secondary N) is 2. The number of benzene rings is 3. The van der Waals surface area contributed by atoms with Crippen molar-refractivity contribution in [2.24, 2.45) is 0 Å². The number of hydrogen-bond acceptors (Lipinski definition) is 7. The molecule has 36 heavy (non-hydrogen) atoms. The van der Waals surface area contributed by atoms with Gasteiger partial charge in [-0.05, 0) is 69.4 Å². The Balaban J connectivity index is 1.59. The zero-order chi connectivity index (χ0) is 25.3. The Morgan fingerprint density at radius 3 is 2.61 bits per heavy atom.